The first kappa shape index (κ1) is 23.1. The molecule has 3 aromatic rings. The molecule has 2 N–H and O–H groups in total. The Morgan fingerprint density at radius 2 is 1.88 bits per heavy atom. The number of aromatic nitrogens is 4. The second kappa shape index (κ2) is 9.42. The first-order chi connectivity index (χ1) is 15.7. The van der Waals surface area contributed by atoms with Crippen LogP contribution in [0.25, 0.3) is 11.1 Å². The molecule has 12 heteroatoms. The Kier molecular flexibility index (Phi) is 6.59. The number of hydrogen-bond acceptors (Lipinski definition) is 8. The summed E-state index contributed by atoms with van der Waals surface area (Å²) in [5, 5.41) is 13.8. The predicted molar refractivity (Wildman–Crippen MR) is 121 cm³/mol. The molecular formula is C21H19Cl2FN6O3. The van der Waals surface area contributed by atoms with E-state index in [1.54, 1.807) is 31.5 Å². The number of benzene rings is 1. The zero-order valence-electron chi connectivity index (χ0n) is 17.5. The molecule has 1 aromatic carbocycles. The van der Waals surface area contributed by atoms with Crippen LogP contribution >= 0.6 is 23.2 Å². The Labute approximate surface area is 198 Å². The minimum absolute atomic E-state index is 0.0557. The van der Waals surface area contributed by atoms with Gasteiger partial charge in [0.1, 0.15) is 18.5 Å². The second-order valence-corrected chi connectivity index (χ2v) is 8.26. The third-order valence-electron chi connectivity index (χ3n) is 5.07. The lowest BCUT2D eigenvalue weighted by Gasteiger charge is -2.23. The van der Waals surface area contributed by atoms with Gasteiger partial charge in [-0.1, -0.05) is 29.3 Å². The Morgan fingerprint density at radius 1 is 1.15 bits per heavy atom. The summed E-state index contributed by atoms with van der Waals surface area (Å²) >= 11 is 12.0. The van der Waals surface area contributed by atoms with E-state index in [1.165, 1.54) is 6.92 Å². The van der Waals surface area contributed by atoms with Crippen LogP contribution in [-0.4, -0.2) is 49.9 Å². The minimum Gasteiger partial charge on any atom is -0.447 e. The zero-order chi connectivity index (χ0) is 23.7. The number of rotatable bonds is 6. The van der Waals surface area contributed by atoms with Crippen LogP contribution in [0.4, 0.5) is 21.0 Å². The highest BCUT2D eigenvalue weighted by Crippen LogP contribution is 2.29. The lowest BCUT2D eigenvalue weighted by atomic mass is 10.1. The highest BCUT2D eigenvalue weighted by molar-refractivity contribution is 6.42. The number of halogens is 3. The second-order valence-electron chi connectivity index (χ2n) is 7.44. The number of hydrogen-bond donors (Lipinski definition) is 2. The van der Waals surface area contributed by atoms with Crippen molar-refractivity contribution in [2.75, 3.05) is 16.8 Å². The summed E-state index contributed by atoms with van der Waals surface area (Å²) in [6, 6.07) is 4.03. The van der Waals surface area contributed by atoms with Gasteiger partial charge >= 0.3 is 6.09 Å². The minimum atomic E-state index is -0.941. The van der Waals surface area contributed by atoms with E-state index in [2.05, 4.69) is 25.3 Å². The monoisotopic (exact) mass is 492 g/mol. The van der Waals surface area contributed by atoms with Crippen molar-refractivity contribution in [1.29, 1.82) is 0 Å². The zero-order valence-corrected chi connectivity index (χ0v) is 19.0. The quantitative estimate of drug-likeness (QED) is 0.524. The molecular weight excluding hydrogens is 474 g/mol. The fourth-order valence-electron chi connectivity index (χ4n) is 3.28. The molecule has 1 fully saturated rings. The Bertz CT molecular complexity index is 1180. The molecule has 1 aliphatic rings. The molecule has 3 heterocycles. The van der Waals surface area contributed by atoms with Crippen LogP contribution in [0.1, 0.15) is 25.7 Å². The van der Waals surface area contributed by atoms with Crippen LogP contribution in [0.2, 0.25) is 10.0 Å². The number of aliphatic hydroxyl groups is 1. The summed E-state index contributed by atoms with van der Waals surface area (Å²) < 4.78 is 19.4. The molecule has 0 spiro atoms. The van der Waals surface area contributed by atoms with E-state index in [0.29, 0.717) is 15.9 Å². The van der Waals surface area contributed by atoms with Crippen LogP contribution in [0, 0.1) is 5.82 Å². The van der Waals surface area contributed by atoms with Crippen molar-refractivity contribution < 1.29 is 19.0 Å². The van der Waals surface area contributed by atoms with E-state index in [1.807, 2.05) is 6.07 Å². The highest BCUT2D eigenvalue weighted by atomic mass is 35.5. The molecule has 9 nitrogen and oxygen atoms in total. The van der Waals surface area contributed by atoms with E-state index in [9.17, 15) is 14.3 Å². The highest BCUT2D eigenvalue weighted by Gasteiger charge is 2.39. The number of cyclic esters (lactones) is 1. The fraction of sp³-hybridized carbons (Fsp3) is 0.286. The summed E-state index contributed by atoms with van der Waals surface area (Å²) in [6.45, 7) is 3.19. The first-order valence-corrected chi connectivity index (χ1v) is 10.7. The van der Waals surface area contributed by atoms with Crippen LogP contribution in [0.15, 0.2) is 36.8 Å². The van der Waals surface area contributed by atoms with Gasteiger partial charge in [0.05, 0.1) is 28.4 Å². The summed E-state index contributed by atoms with van der Waals surface area (Å²) in [6.07, 6.45) is 2.49. The van der Waals surface area contributed by atoms with Gasteiger partial charge in [-0.3, -0.25) is 0 Å². The third kappa shape index (κ3) is 4.82. The van der Waals surface area contributed by atoms with Crippen molar-refractivity contribution in [3.05, 3.63) is 58.5 Å². The summed E-state index contributed by atoms with van der Waals surface area (Å²) in [5.74, 6) is -0.611. The maximum absolute atomic E-state index is 14.4. The smallest absolute Gasteiger partial charge is 0.416 e. The SMILES string of the molecule is C[C@@H](Nc1ncc(F)c(N2C(=O)OC[C@@H]2[C@@H](C)O)n1)c1ncc(-c2ccc(Cl)c(Cl)c2)cn1. The first-order valence-electron chi connectivity index (χ1n) is 9.95. The van der Waals surface area contributed by atoms with Gasteiger partial charge in [0.2, 0.25) is 5.95 Å². The Hall–Kier alpha value is -3.08. The van der Waals surface area contributed by atoms with Crippen molar-refractivity contribution in [2.45, 2.75) is 32.0 Å². The molecule has 0 unspecified atom stereocenters. The summed E-state index contributed by atoms with van der Waals surface area (Å²) in [5.41, 5.74) is 1.56. The standard InChI is InChI=1S/C21H19Cl2FN6O3/c1-10(18-25-6-13(7-26-18)12-3-4-14(22)15(23)5-12)28-20-27-8-16(24)19(29-20)30-17(11(2)31)9-33-21(30)32/h3-8,10-11,17,31H,9H2,1-2H3,(H,27,28,29)/t10-,11-,17-/m1/s1. The topological polar surface area (TPSA) is 113 Å². The average molecular weight is 493 g/mol. The van der Waals surface area contributed by atoms with Crippen molar-refractivity contribution in [3.63, 3.8) is 0 Å². The van der Waals surface area contributed by atoms with E-state index in [-0.39, 0.29) is 18.4 Å². The number of carbonyl (C=O) groups is 1. The molecule has 3 atom stereocenters. The van der Waals surface area contributed by atoms with Gasteiger partial charge in [0, 0.05) is 18.0 Å². The maximum atomic E-state index is 14.4. The Morgan fingerprint density at radius 3 is 2.55 bits per heavy atom. The van der Waals surface area contributed by atoms with Crippen LogP contribution in [-0.2, 0) is 4.74 Å². The molecule has 1 saturated heterocycles. The van der Waals surface area contributed by atoms with Crippen molar-refractivity contribution >= 4 is 41.1 Å². The fourth-order valence-corrected chi connectivity index (χ4v) is 3.57. The number of ether oxygens (including phenoxy) is 1. The molecule has 33 heavy (non-hydrogen) atoms. The molecule has 0 radical (unpaired) electrons. The maximum Gasteiger partial charge on any atom is 0.416 e. The van der Waals surface area contributed by atoms with E-state index < -0.39 is 30.1 Å². The Balaban J connectivity index is 1.53. The summed E-state index contributed by atoms with van der Waals surface area (Å²) in [7, 11) is 0. The predicted octanol–water partition coefficient (Wildman–Crippen LogP) is 4.26. The molecule has 1 amide bonds. The van der Waals surface area contributed by atoms with Crippen molar-refractivity contribution in [3.8, 4) is 11.1 Å². The van der Waals surface area contributed by atoms with Crippen LogP contribution in [0.3, 0.4) is 0 Å². The molecule has 4 rings (SSSR count). The number of nitrogens with one attached hydrogen (secondary N) is 1. The van der Waals surface area contributed by atoms with Gasteiger partial charge < -0.3 is 15.2 Å². The third-order valence-corrected chi connectivity index (χ3v) is 5.81. The lowest BCUT2D eigenvalue weighted by molar-refractivity contribution is 0.142. The number of anilines is 2. The molecule has 0 aliphatic carbocycles. The lowest BCUT2D eigenvalue weighted by Crippen LogP contribution is -2.42. The van der Waals surface area contributed by atoms with Gasteiger partial charge in [-0.05, 0) is 31.5 Å². The number of nitrogens with zero attached hydrogens (tertiary/aromatic N) is 5. The number of carbonyl (C=O) groups excluding carboxylic acids is 1. The van der Waals surface area contributed by atoms with Gasteiger partial charge in [0.15, 0.2) is 11.6 Å². The average Bonchev–Trinajstić information content (AvgIpc) is 3.18. The van der Waals surface area contributed by atoms with E-state index in [4.69, 9.17) is 27.9 Å². The van der Waals surface area contributed by atoms with Crippen molar-refractivity contribution in [1.82, 2.24) is 19.9 Å². The van der Waals surface area contributed by atoms with Gasteiger partial charge in [-0.2, -0.15) is 4.98 Å². The molecule has 2 aromatic heterocycles. The van der Waals surface area contributed by atoms with Gasteiger partial charge in [0.25, 0.3) is 0 Å². The normalized spacial score (nSPS) is 17.6. The molecule has 172 valence electrons. The van der Waals surface area contributed by atoms with Gasteiger partial charge in [-0.25, -0.2) is 29.0 Å². The molecule has 0 saturated carbocycles. The van der Waals surface area contributed by atoms with Crippen LogP contribution < -0.4 is 10.2 Å². The van der Waals surface area contributed by atoms with Gasteiger partial charge in [-0.15, -0.1) is 0 Å². The molecule has 0 bridgehead atoms. The number of aliphatic hydroxyl groups excluding tert-OH is 1. The number of amides is 1. The van der Waals surface area contributed by atoms with E-state index >= 15 is 0 Å². The largest absolute Gasteiger partial charge is 0.447 e. The van der Waals surface area contributed by atoms with Crippen LogP contribution in [0.5, 0.6) is 0 Å². The molecule has 1 aliphatic heterocycles. The summed E-state index contributed by atoms with van der Waals surface area (Å²) in [4.78, 5) is 29.9. The van der Waals surface area contributed by atoms with E-state index in [0.717, 1.165) is 22.2 Å². The van der Waals surface area contributed by atoms with Crippen molar-refractivity contribution in [2.24, 2.45) is 0 Å².